The second kappa shape index (κ2) is 9.48. The highest BCUT2D eigenvalue weighted by Gasteiger charge is 2.29. The molecule has 2 saturated heterocycles. The Morgan fingerprint density at radius 1 is 1.04 bits per heavy atom. The third kappa shape index (κ3) is 4.83. The lowest BCUT2D eigenvalue weighted by Crippen LogP contribution is -2.48. The minimum atomic E-state index is 0. The van der Waals surface area contributed by atoms with E-state index in [4.69, 9.17) is 5.73 Å². The lowest BCUT2D eigenvalue weighted by Gasteiger charge is -2.37. The quantitative estimate of drug-likeness (QED) is 0.902. The fourth-order valence-electron chi connectivity index (χ4n) is 3.51. The molecule has 2 heterocycles. The monoisotopic (exact) mass is 359 g/mol. The lowest BCUT2D eigenvalue weighted by molar-refractivity contribution is 0.0608. The van der Waals surface area contributed by atoms with E-state index < -0.39 is 0 Å². The predicted octanol–water partition coefficient (Wildman–Crippen LogP) is 2.69. The molecular weight excluding hydrogens is 333 g/mol. The van der Waals surface area contributed by atoms with Crippen molar-refractivity contribution >= 4 is 30.7 Å². The maximum atomic E-state index is 12.6. The molecule has 1 aromatic carbocycles. The molecule has 0 aliphatic carbocycles. The number of likely N-dealkylation sites (tertiary alicyclic amines) is 2. The van der Waals surface area contributed by atoms with E-state index in [1.807, 2.05) is 29.2 Å². The van der Waals surface area contributed by atoms with Crippen LogP contribution in [0.1, 0.15) is 41.6 Å². The Morgan fingerprint density at radius 2 is 1.70 bits per heavy atom. The molecule has 130 valence electrons. The van der Waals surface area contributed by atoms with Gasteiger partial charge in [-0.1, -0.05) is 12.1 Å². The van der Waals surface area contributed by atoms with Crippen LogP contribution in [0.15, 0.2) is 24.3 Å². The molecule has 23 heavy (non-hydrogen) atoms. The van der Waals surface area contributed by atoms with Crippen molar-refractivity contribution in [3.05, 3.63) is 35.4 Å². The maximum Gasteiger partial charge on any atom is 0.253 e. The largest absolute Gasteiger partial charge is 0.337 e. The first-order chi connectivity index (χ1) is 10.3. The molecule has 2 N–H and O–H groups in total. The molecule has 1 atom stereocenters. The van der Waals surface area contributed by atoms with Crippen LogP contribution in [0.2, 0.25) is 0 Å². The summed E-state index contributed by atoms with van der Waals surface area (Å²) in [5.74, 6) is 0.169. The Bertz CT molecular complexity index is 489. The second-order valence-electron chi connectivity index (χ2n) is 6.19. The minimum absolute atomic E-state index is 0. The molecule has 2 aliphatic heterocycles. The maximum absolute atomic E-state index is 12.6. The highest BCUT2D eigenvalue weighted by atomic mass is 35.5. The zero-order chi connectivity index (χ0) is 14.7. The summed E-state index contributed by atoms with van der Waals surface area (Å²) in [6.07, 6.45) is 4.97. The molecule has 2 fully saturated rings. The molecule has 6 heteroatoms. The van der Waals surface area contributed by atoms with E-state index in [9.17, 15) is 4.79 Å². The summed E-state index contributed by atoms with van der Waals surface area (Å²) in [4.78, 5) is 17.2. The van der Waals surface area contributed by atoms with Crippen LogP contribution in [0.5, 0.6) is 0 Å². The summed E-state index contributed by atoms with van der Waals surface area (Å²) in [7, 11) is 0. The van der Waals surface area contributed by atoms with Crippen LogP contribution in [-0.2, 0) is 6.54 Å². The molecule has 0 radical (unpaired) electrons. The van der Waals surface area contributed by atoms with Crippen LogP contribution < -0.4 is 5.73 Å². The molecule has 3 rings (SSSR count). The van der Waals surface area contributed by atoms with Gasteiger partial charge in [0.1, 0.15) is 0 Å². The SMILES string of the molecule is Cl.Cl.NCc1ccc(C(=O)N2CCCC(N3CCCC3)C2)cc1. The molecular formula is C17H27Cl2N3O. The molecule has 0 spiro atoms. The van der Waals surface area contributed by atoms with Crippen molar-refractivity contribution in [1.29, 1.82) is 0 Å². The summed E-state index contributed by atoms with van der Waals surface area (Å²) in [5.41, 5.74) is 7.46. The van der Waals surface area contributed by atoms with Crippen LogP contribution in [0.3, 0.4) is 0 Å². The average molecular weight is 360 g/mol. The van der Waals surface area contributed by atoms with Crippen molar-refractivity contribution in [2.45, 2.75) is 38.3 Å². The third-order valence-corrected chi connectivity index (χ3v) is 4.78. The Hall–Kier alpha value is -0.810. The highest BCUT2D eigenvalue weighted by Crippen LogP contribution is 2.21. The summed E-state index contributed by atoms with van der Waals surface area (Å²) >= 11 is 0. The number of hydrogen-bond acceptors (Lipinski definition) is 3. The highest BCUT2D eigenvalue weighted by molar-refractivity contribution is 5.94. The van der Waals surface area contributed by atoms with Gasteiger partial charge in [0.2, 0.25) is 0 Å². The number of carbonyl (C=O) groups is 1. The van der Waals surface area contributed by atoms with Crippen molar-refractivity contribution in [2.24, 2.45) is 5.73 Å². The van der Waals surface area contributed by atoms with Crippen molar-refractivity contribution in [3.63, 3.8) is 0 Å². The number of amides is 1. The molecule has 1 unspecified atom stereocenters. The van der Waals surface area contributed by atoms with Crippen molar-refractivity contribution < 1.29 is 4.79 Å². The molecule has 4 nitrogen and oxygen atoms in total. The Labute approximate surface area is 151 Å². The number of nitrogens with zero attached hydrogens (tertiary/aromatic N) is 2. The zero-order valence-electron chi connectivity index (χ0n) is 13.4. The smallest absolute Gasteiger partial charge is 0.253 e. The van der Waals surface area contributed by atoms with E-state index in [2.05, 4.69) is 4.90 Å². The Kier molecular flexibility index (Phi) is 8.34. The van der Waals surface area contributed by atoms with Gasteiger partial charge in [0, 0.05) is 31.2 Å². The second-order valence-corrected chi connectivity index (χ2v) is 6.19. The van der Waals surface area contributed by atoms with Gasteiger partial charge < -0.3 is 10.6 Å². The summed E-state index contributed by atoms with van der Waals surface area (Å²) in [6, 6.07) is 8.28. The molecule has 0 aromatic heterocycles. The van der Waals surface area contributed by atoms with E-state index in [0.29, 0.717) is 12.6 Å². The molecule has 1 aromatic rings. The number of benzene rings is 1. The normalized spacial score (nSPS) is 21.4. The van der Waals surface area contributed by atoms with Gasteiger partial charge in [-0.15, -0.1) is 24.8 Å². The van der Waals surface area contributed by atoms with Crippen LogP contribution in [0.25, 0.3) is 0 Å². The number of halogens is 2. The van der Waals surface area contributed by atoms with Crippen LogP contribution in [0, 0.1) is 0 Å². The van der Waals surface area contributed by atoms with Crippen molar-refractivity contribution in [3.8, 4) is 0 Å². The summed E-state index contributed by atoms with van der Waals surface area (Å²) in [5, 5.41) is 0. The topological polar surface area (TPSA) is 49.6 Å². The molecule has 1 amide bonds. The van der Waals surface area contributed by atoms with E-state index in [1.165, 1.54) is 32.4 Å². The zero-order valence-corrected chi connectivity index (χ0v) is 15.1. The van der Waals surface area contributed by atoms with E-state index >= 15 is 0 Å². The van der Waals surface area contributed by atoms with E-state index in [1.54, 1.807) is 0 Å². The van der Waals surface area contributed by atoms with Gasteiger partial charge in [-0.25, -0.2) is 0 Å². The summed E-state index contributed by atoms with van der Waals surface area (Å²) in [6.45, 7) is 4.71. The van der Waals surface area contributed by atoms with Gasteiger partial charge in [0.15, 0.2) is 0 Å². The molecule has 0 saturated carbocycles. The number of piperidine rings is 1. The van der Waals surface area contributed by atoms with Gasteiger partial charge in [-0.05, 0) is 56.5 Å². The Balaban J connectivity index is 0.00000132. The predicted molar refractivity (Wildman–Crippen MR) is 98.6 cm³/mol. The van der Waals surface area contributed by atoms with Crippen molar-refractivity contribution in [2.75, 3.05) is 26.2 Å². The molecule has 0 bridgehead atoms. The van der Waals surface area contributed by atoms with Gasteiger partial charge >= 0.3 is 0 Å². The summed E-state index contributed by atoms with van der Waals surface area (Å²) < 4.78 is 0. The average Bonchev–Trinajstić information content (AvgIpc) is 3.09. The van der Waals surface area contributed by atoms with Gasteiger partial charge in [0.25, 0.3) is 5.91 Å². The first-order valence-electron chi connectivity index (χ1n) is 8.10. The van der Waals surface area contributed by atoms with E-state index in [-0.39, 0.29) is 30.7 Å². The lowest BCUT2D eigenvalue weighted by atomic mass is 10.0. The van der Waals surface area contributed by atoms with E-state index in [0.717, 1.165) is 30.6 Å². The Morgan fingerprint density at radius 3 is 2.30 bits per heavy atom. The molecule has 2 aliphatic rings. The van der Waals surface area contributed by atoms with Crippen LogP contribution in [0.4, 0.5) is 0 Å². The van der Waals surface area contributed by atoms with Crippen LogP contribution >= 0.6 is 24.8 Å². The number of nitrogens with two attached hydrogens (primary N) is 1. The van der Waals surface area contributed by atoms with Crippen LogP contribution in [-0.4, -0.2) is 47.9 Å². The first-order valence-corrected chi connectivity index (χ1v) is 8.10. The first kappa shape index (κ1) is 20.2. The number of hydrogen-bond donors (Lipinski definition) is 1. The van der Waals surface area contributed by atoms with Gasteiger partial charge in [-0.2, -0.15) is 0 Å². The van der Waals surface area contributed by atoms with Gasteiger partial charge in [-0.3, -0.25) is 9.69 Å². The number of carbonyl (C=O) groups excluding carboxylic acids is 1. The number of rotatable bonds is 3. The standard InChI is InChI=1S/C17H25N3O.2ClH/c18-12-14-5-7-15(8-6-14)17(21)20-11-3-4-16(13-20)19-9-1-2-10-19;;/h5-8,16H,1-4,9-13,18H2;2*1H. The van der Waals surface area contributed by atoms with Crippen molar-refractivity contribution in [1.82, 2.24) is 9.80 Å². The third-order valence-electron chi connectivity index (χ3n) is 4.78. The fourth-order valence-corrected chi connectivity index (χ4v) is 3.51. The van der Waals surface area contributed by atoms with Gasteiger partial charge in [0.05, 0.1) is 0 Å². The fraction of sp³-hybridized carbons (Fsp3) is 0.588. The minimum Gasteiger partial charge on any atom is -0.337 e.